The van der Waals surface area contributed by atoms with Crippen molar-refractivity contribution in [3.05, 3.63) is 47.8 Å². The van der Waals surface area contributed by atoms with Gasteiger partial charge in [-0.1, -0.05) is 12.1 Å². The van der Waals surface area contributed by atoms with E-state index in [1.54, 1.807) is 0 Å². The van der Waals surface area contributed by atoms with E-state index in [-0.39, 0.29) is 11.1 Å². The summed E-state index contributed by atoms with van der Waals surface area (Å²) in [7, 11) is 0. The first-order valence-electron chi connectivity index (χ1n) is 7.92. The average molecular weight is 420 g/mol. The lowest BCUT2D eigenvalue weighted by atomic mass is 10.0. The maximum atomic E-state index is 14.0. The average Bonchev–Trinajstić information content (AvgIpc) is 2.64. The number of anilines is 2. The summed E-state index contributed by atoms with van der Waals surface area (Å²) in [5, 5.41) is 2.74. The Labute approximate surface area is 160 Å². The zero-order chi connectivity index (χ0) is 22.0. The van der Waals surface area contributed by atoms with E-state index in [0.717, 1.165) is 12.4 Å². The second-order valence-corrected chi connectivity index (χ2v) is 5.97. The van der Waals surface area contributed by atoms with Crippen molar-refractivity contribution in [2.24, 2.45) is 0 Å². The summed E-state index contributed by atoms with van der Waals surface area (Å²) >= 11 is 0. The van der Waals surface area contributed by atoms with Gasteiger partial charge in [-0.3, -0.25) is 9.59 Å². The van der Waals surface area contributed by atoms with Crippen LogP contribution in [0.5, 0.6) is 0 Å². The highest BCUT2D eigenvalue weighted by molar-refractivity contribution is 6.00. The molecule has 2 amide bonds. The van der Waals surface area contributed by atoms with E-state index in [2.05, 4.69) is 9.97 Å². The Kier molecular flexibility index (Phi) is 5.86. The molecule has 0 unspecified atom stereocenters. The van der Waals surface area contributed by atoms with Crippen LogP contribution >= 0.6 is 0 Å². The highest BCUT2D eigenvalue weighted by Gasteiger charge is 2.78. The van der Waals surface area contributed by atoms with Crippen LogP contribution in [-0.2, 0) is 9.59 Å². The van der Waals surface area contributed by atoms with Crippen LogP contribution in [0.3, 0.4) is 0 Å². The molecule has 0 saturated carbocycles. The summed E-state index contributed by atoms with van der Waals surface area (Å²) in [6.07, 6.45) is 2.13. The lowest BCUT2D eigenvalue weighted by Gasteiger charge is -2.30. The number of carbonyl (C=O) groups excluding carboxylic acids is 2. The third-order valence-corrected chi connectivity index (χ3v) is 3.84. The van der Waals surface area contributed by atoms with Gasteiger partial charge in [-0.2, -0.15) is 26.3 Å². The Morgan fingerprint density at radius 2 is 1.10 bits per heavy atom. The third kappa shape index (κ3) is 4.00. The van der Waals surface area contributed by atoms with Crippen LogP contribution in [0, 0.1) is 13.8 Å². The van der Waals surface area contributed by atoms with Gasteiger partial charge in [0, 0.05) is 12.4 Å². The Morgan fingerprint density at radius 3 is 1.41 bits per heavy atom. The maximum Gasteiger partial charge on any atom is 0.393 e. The number of amides is 2. The summed E-state index contributed by atoms with van der Waals surface area (Å²) in [6.45, 7) is 2.63. The molecule has 2 N–H and O–H groups in total. The van der Waals surface area contributed by atoms with E-state index < -0.39 is 41.2 Å². The monoisotopic (exact) mass is 420 g/mol. The van der Waals surface area contributed by atoms with Gasteiger partial charge >= 0.3 is 29.6 Å². The van der Waals surface area contributed by atoms with Crippen molar-refractivity contribution in [1.82, 2.24) is 9.97 Å². The first-order chi connectivity index (χ1) is 13.3. The van der Waals surface area contributed by atoms with Gasteiger partial charge in [0.25, 0.3) is 0 Å². The molecule has 0 aliphatic rings. The van der Waals surface area contributed by atoms with Gasteiger partial charge in [-0.15, -0.1) is 0 Å². The summed E-state index contributed by atoms with van der Waals surface area (Å²) < 4.78 is 84.1. The molecule has 156 valence electrons. The zero-order valence-corrected chi connectivity index (χ0v) is 14.9. The predicted octanol–water partition coefficient (Wildman–Crippen LogP) is 3.58. The minimum absolute atomic E-state index is 0.120. The fourth-order valence-corrected chi connectivity index (χ4v) is 2.09. The van der Waals surface area contributed by atoms with Crippen LogP contribution in [0.4, 0.5) is 38.0 Å². The van der Waals surface area contributed by atoms with Crippen molar-refractivity contribution in [2.75, 3.05) is 10.6 Å². The summed E-state index contributed by atoms with van der Waals surface area (Å²) in [5.41, 5.74) is 0.241. The molecule has 0 fully saturated rings. The van der Waals surface area contributed by atoms with Gasteiger partial charge in [0.05, 0.1) is 0 Å². The lowest BCUT2D eigenvalue weighted by molar-refractivity contribution is -0.283. The molecule has 0 aliphatic carbocycles. The van der Waals surface area contributed by atoms with Crippen molar-refractivity contribution >= 4 is 23.5 Å². The maximum absolute atomic E-state index is 14.0. The summed E-state index contributed by atoms with van der Waals surface area (Å²) in [5.74, 6) is -24.8. The van der Waals surface area contributed by atoms with Gasteiger partial charge in [0.2, 0.25) is 0 Å². The second kappa shape index (κ2) is 7.68. The van der Waals surface area contributed by atoms with Crippen molar-refractivity contribution in [3.63, 3.8) is 0 Å². The van der Waals surface area contributed by atoms with Gasteiger partial charge in [0.15, 0.2) is 0 Å². The highest BCUT2D eigenvalue weighted by atomic mass is 19.3. The number of halogens is 6. The molecule has 0 radical (unpaired) electrons. The number of nitrogens with zero attached hydrogens (tertiary/aromatic N) is 2. The van der Waals surface area contributed by atoms with Gasteiger partial charge in [0.1, 0.15) is 11.6 Å². The quantitative estimate of drug-likeness (QED) is 0.700. The van der Waals surface area contributed by atoms with Gasteiger partial charge < -0.3 is 10.6 Å². The molecule has 0 bridgehead atoms. The largest absolute Gasteiger partial charge is 0.393 e. The molecule has 2 aromatic heterocycles. The minimum Gasteiger partial charge on any atom is -0.305 e. The number of hydrogen-bond donors (Lipinski definition) is 2. The summed E-state index contributed by atoms with van der Waals surface area (Å²) in [4.78, 5) is 30.3. The fourth-order valence-electron chi connectivity index (χ4n) is 2.09. The number of nitrogens with one attached hydrogen (secondary N) is 2. The van der Waals surface area contributed by atoms with Crippen LogP contribution in [0.1, 0.15) is 11.1 Å². The van der Waals surface area contributed by atoms with Crippen molar-refractivity contribution < 1.29 is 35.9 Å². The van der Waals surface area contributed by atoms with Crippen LogP contribution < -0.4 is 10.6 Å². The van der Waals surface area contributed by atoms with Crippen molar-refractivity contribution in [1.29, 1.82) is 0 Å². The molecule has 2 heterocycles. The number of aromatic nitrogens is 2. The Hall–Kier alpha value is -3.18. The number of carbonyl (C=O) groups is 2. The standard InChI is InChI=1S/C17H14F6N4O2/c1-9-5-3-7-24-11(9)26-13(28)15(18,19)17(22,23)16(20,21)14(29)27-12-10(2)6-4-8-25-12/h3-8H,1-2H3,(H,24,26,28)(H,25,27,29). The van der Waals surface area contributed by atoms with Crippen molar-refractivity contribution in [2.45, 2.75) is 31.6 Å². The molecule has 2 rings (SSSR count). The normalized spacial score (nSPS) is 12.4. The van der Waals surface area contributed by atoms with Gasteiger partial charge in [-0.25, -0.2) is 9.97 Å². The number of alkyl halides is 6. The predicted molar refractivity (Wildman–Crippen MR) is 90.0 cm³/mol. The van der Waals surface area contributed by atoms with Crippen LogP contribution in [0.25, 0.3) is 0 Å². The van der Waals surface area contributed by atoms with E-state index in [0.29, 0.717) is 0 Å². The molecule has 0 aromatic carbocycles. The Morgan fingerprint density at radius 1 is 0.759 bits per heavy atom. The Bertz CT molecular complexity index is 862. The van der Waals surface area contributed by atoms with Crippen molar-refractivity contribution in [3.8, 4) is 0 Å². The molecule has 2 aromatic rings. The SMILES string of the molecule is Cc1cccnc1NC(=O)C(F)(F)C(F)(F)C(F)(F)C(=O)Nc1ncccc1C. The molecule has 0 spiro atoms. The van der Waals surface area contributed by atoms with E-state index in [1.807, 2.05) is 0 Å². The molecule has 0 aliphatic heterocycles. The van der Waals surface area contributed by atoms with E-state index in [4.69, 9.17) is 0 Å². The summed E-state index contributed by atoms with van der Waals surface area (Å²) in [6, 6.07) is 5.37. The second-order valence-electron chi connectivity index (χ2n) is 5.97. The number of hydrogen-bond acceptors (Lipinski definition) is 4. The molecule has 12 heteroatoms. The van der Waals surface area contributed by atoms with Gasteiger partial charge in [-0.05, 0) is 37.1 Å². The highest BCUT2D eigenvalue weighted by Crippen LogP contribution is 2.46. The van der Waals surface area contributed by atoms with Crippen LogP contribution in [0.2, 0.25) is 0 Å². The molecular formula is C17H14F6N4O2. The van der Waals surface area contributed by atoms with Crippen LogP contribution in [-0.4, -0.2) is 39.5 Å². The number of pyridine rings is 2. The van der Waals surface area contributed by atoms with E-state index in [9.17, 15) is 35.9 Å². The van der Waals surface area contributed by atoms with Crippen LogP contribution in [0.15, 0.2) is 36.7 Å². The third-order valence-electron chi connectivity index (χ3n) is 3.84. The Balaban J connectivity index is 2.29. The van der Waals surface area contributed by atoms with E-state index >= 15 is 0 Å². The first-order valence-corrected chi connectivity index (χ1v) is 7.92. The minimum atomic E-state index is -6.36. The first kappa shape index (κ1) is 22.1. The molecule has 0 saturated heterocycles. The topological polar surface area (TPSA) is 84.0 Å². The molecule has 6 nitrogen and oxygen atoms in total. The van der Waals surface area contributed by atoms with E-state index in [1.165, 1.54) is 48.7 Å². The smallest absolute Gasteiger partial charge is 0.305 e. The number of rotatable bonds is 6. The molecule has 0 atom stereocenters. The zero-order valence-electron chi connectivity index (χ0n) is 14.9. The number of aryl methyl sites for hydroxylation is 2. The lowest BCUT2D eigenvalue weighted by Crippen LogP contribution is -2.63. The molecule has 29 heavy (non-hydrogen) atoms. The molecular weight excluding hydrogens is 406 g/mol. The fraction of sp³-hybridized carbons (Fsp3) is 0.294.